The Bertz CT molecular complexity index is 571. The summed E-state index contributed by atoms with van der Waals surface area (Å²) in [5, 5.41) is 0. The summed E-state index contributed by atoms with van der Waals surface area (Å²) in [7, 11) is 0. The molecule has 28 heavy (non-hydrogen) atoms. The van der Waals surface area contributed by atoms with Crippen molar-refractivity contribution in [1.29, 1.82) is 0 Å². The summed E-state index contributed by atoms with van der Waals surface area (Å²) < 4.78 is 0. The zero-order valence-electron chi connectivity index (χ0n) is 20.6. The van der Waals surface area contributed by atoms with Crippen molar-refractivity contribution < 1.29 is 0 Å². The average Bonchev–Trinajstić information content (AvgIpc) is 3.13. The molecule has 0 amide bonds. The predicted molar refractivity (Wildman–Crippen MR) is 122 cm³/mol. The summed E-state index contributed by atoms with van der Waals surface area (Å²) in [5.41, 5.74) is 1.30. The summed E-state index contributed by atoms with van der Waals surface area (Å²) in [6, 6.07) is 0. The van der Waals surface area contributed by atoms with Crippen molar-refractivity contribution in [3.05, 3.63) is 0 Å². The minimum Gasteiger partial charge on any atom is -0.0651 e. The SMILES string of the molecule is CCC(C)C(CC)C12C3CC(C3)C3C(CC1C(CC)C(C)C2C)C3(C)C(C)C. The van der Waals surface area contributed by atoms with Gasteiger partial charge in [0.05, 0.1) is 0 Å². The highest BCUT2D eigenvalue weighted by atomic mass is 14.8. The van der Waals surface area contributed by atoms with Gasteiger partial charge in [0.15, 0.2) is 0 Å². The molecule has 0 heterocycles. The van der Waals surface area contributed by atoms with Crippen LogP contribution in [-0.2, 0) is 0 Å². The Morgan fingerprint density at radius 3 is 2.04 bits per heavy atom. The molecule has 0 N–H and O–H groups in total. The Kier molecular flexibility index (Phi) is 5.32. The normalized spacial score (nSPS) is 54.2. The van der Waals surface area contributed by atoms with E-state index in [-0.39, 0.29) is 0 Å². The average molecular weight is 387 g/mol. The monoisotopic (exact) mass is 386 g/mol. The zero-order valence-corrected chi connectivity index (χ0v) is 20.6. The van der Waals surface area contributed by atoms with Crippen molar-refractivity contribution >= 4 is 0 Å². The molecule has 0 aromatic rings. The fraction of sp³-hybridized carbons (Fsp3) is 1.00. The van der Waals surface area contributed by atoms with Gasteiger partial charge in [-0.3, -0.25) is 0 Å². The van der Waals surface area contributed by atoms with Gasteiger partial charge in [0.1, 0.15) is 0 Å². The third-order valence-corrected chi connectivity index (χ3v) is 12.3. The van der Waals surface area contributed by atoms with E-state index >= 15 is 0 Å². The van der Waals surface area contributed by atoms with Gasteiger partial charge in [-0.2, -0.15) is 0 Å². The van der Waals surface area contributed by atoms with E-state index in [1.54, 1.807) is 19.3 Å². The second kappa shape index (κ2) is 7.02. The summed E-state index contributed by atoms with van der Waals surface area (Å²) >= 11 is 0. The Labute approximate surface area is 177 Å². The largest absolute Gasteiger partial charge is 0.0651 e. The Morgan fingerprint density at radius 1 is 0.893 bits per heavy atom. The second-order valence-corrected chi connectivity index (χ2v) is 12.5. The van der Waals surface area contributed by atoms with Crippen LogP contribution in [0.3, 0.4) is 0 Å². The molecule has 5 aliphatic rings. The lowest BCUT2D eigenvalue weighted by atomic mass is 9.45. The first kappa shape index (κ1) is 21.2. The quantitative estimate of drug-likeness (QED) is 0.430. The first-order valence-electron chi connectivity index (χ1n) is 13.2. The summed E-state index contributed by atoms with van der Waals surface area (Å²) in [6.45, 7) is 23.2. The smallest absolute Gasteiger partial charge is 0.0179 e. The van der Waals surface area contributed by atoms with Crippen molar-refractivity contribution in [3.63, 3.8) is 0 Å². The molecule has 0 aliphatic heterocycles. The highest BCUT2D eigenvalue weighted by Crippen LogP contribution is 2.80. The first-order chi connectivity index (χ1) is 13.2. The lowest BCUT2D eigenvalue weighted by Gasteiger charge is -2.60. The standard InChI is InChI=1S/C28H50/c1-10-17(6)23(12-3)28-19(8)18(7)22(11-2)24(28)15-25-26(20-13-21(28)14-20)27(25,9)16(4)5/h16-26H,10-15H2,1-9H3. The van der Waals surface area contributed by atoms with E-state index in [0.717, 1.165) is 65.1 Å². The maximum atomic E-state index is 2.71. The van der Waals surface area contributed by atoms with Gasteiger partial charge < -0.3 is 0 Å². The lowest BCUT2D eigenvalue weighted by Crippen LogP contribution is -2.54. The summed E-state index contributed by atoms with van der Waals surface area (Å²) in [5.74, 6) is 10.7. The van der Waals surface area contributed by atoms with E-state index in [1.807, 2.05) is 0 Å². The van der Waals surface area contributed by atoms with Crippen LogP contribution in [0.2, 0.25) is 0 Å². The van der Waals surface area contributed by atoms with Crippen LogP contribution < -0.4 is 0 Å². The Hall–Kier alpha value is 0. The van der Waals surface area contributed by atoms with Gasteiger partial charge in [-0.1, -0.05) is 81.6 Å². The Balaban J connectivity index is 1.81. The summed E-state index contributed by atoms with van der Waals surface area (Å²) in [6.07, 6.45) is 8.95. The summed E-state index contributed by atoms with van der Waals surface area (Å²) in [4.78, 5) is 0. The van der Waals surface area contributed by atoms with Crippen LogP contribution in [0.1, 0.15) is 101 Å². The molecule has 0 aromatic carbocycles. The maximum absolute atomic E-state index is 2.71. The molecule has 0 saturated heterocycles. The maximum Gasteiger partial charge on any atom is -0.0179 e. The van der Waals surface area contributed by atoms with E-state index in [1.165, 1.54) is 19.3 Å². The molecule has 0 aromatic heterocycles. The lowest BCUT2D eigenvalue weighted by molar-refractivity contribution is -0.117. The second-order valence-electron chi connectivity index (χ2n) is 12.5. The van der Waals surface area contributed by atoms with E-state index in [4.69, 9.17) is 0 Å². The van der Waals surface area contributed by atoms with Gasteiger partial charge in [-0.05, 0) is 95.2 Å². The van der Waals surface area contributed by atoms with Crippen LogP contribution in [0.5, 0.6) is 0 Å². The molecule has 10 atom stereocenters. The van der Waals surface area contributed by atoms with Crippen LogP contribution in [0, 0.1) is 75.9 Å². The van der Waals surface area contributed by atoms with E-state index in [0.29, 0.717) is 10.8 Å². The Morgan fingerprint density at radius 2 is 1.54 bits per heavy atom. The molecule has 5 rings (SSSR count). The molecule has 162 valence electrons. The first-order valence-corrected chi connectivity index (χ1v) is 13.2. The molecule has 5 aliphatic carbocycles. The fourth-order valence-electron chi connectivity index (χ4n) is 10.4. The number of hydrogen-bond acceptors (Lipinski definition) is 0. The van der Waals surface area contributed by atoms with Gasteiger partial charge in [0, 0.05) is 0 Å². The third kappa shape index (κ3) is 2.42. The van der Waals surface area contributed by atoms with Crippen LogP contribution in [0.4, 0.5) is 0 Å². The number of rotatable bonds is 6. The highest BCUT2D eigenvalue weighted by molar-refractivity contribution is 5.22. The van der Waals surface area contributed by atoms with Crippen molar-refractivity contribution in [3.8, 4) is 0 Å². The highest BCUT2D eigenvalue weighted by Gasteiger charge is 2.74. The van der Waals surface area contributed by atoms with Crippen molar-refractivity contribution in [2.24, 2.45) is 75.9 Å². The molecular formula is C28H50. The van der Waals surface area contributed by atoms with Crippen LogP contribution in [0.25, 0.3) is 0 Å². The van der Waals surface area contributed by atoms with E-state index < -0.39 is 0 Å². The fourth-order valence-corrected chi connectivity index (χ4v) is 10.4. The van der Waals surface area contributed by atoms with Gasteiger partial charge in [0.25, 0.3) is 0 Å². The van der Waals surface area contributed by atoms with Crippen LogP contribution in [-0.4, -0.2) is 0 Å². The molecular weight excluding hydrogens is 336 g/mol. The molecule has 0 nitrogen and oxygen atoms in total. The van der Waals surface area contributed by atoms with Gasteiger partial charge in [0.2, 0.25) is 0 Å². The van der Waals surface area contributed by atoms with Crippen molar-refractivity contribution in [2.45, 2.75) is 101 Å². The molecule has 5 fully saturated rings. The number of hydrogen-bond donors (Lipinski definition) is 0. The molecule has 0 spiro atoms. The predicted octanol–water partition coefficient (Wildman–Crippen LogP) is 8.31. The zero-order chi connectivity index (χ0) is 20.6. The molecule has 10 unspecified atom stereocenters. The van der Waals surface area contributed by atoms with Crippen molar-refractivity contribution in [1.82, 2.24) is 0 Å². The van der Waals surface area contributed by atoms with Gasteiger partial charge in [-0.15, -0.1) is 0 Å². The van der Waals surface area contributed by atoms with E-state index in [9.17, 15) is 0 Å². The minimum absolute atomic E-state index is 0.645. The molecule has 0 radical (unpaired) electrons. The third-order valence-electron chi connectivity index (χ3n) is 12.3. The van der Waals surface area contributed by atoms with E-state index in [2.05, 4.69) is 62.3 Å². The molecule has 5 saturated carbocycles. The van der Waals surface area contributed by atoms with Crippen LogP contribution >= 0.6 is 0 Å². The van der Waals surface area contributed by atoms with Crippen LogP contribution in [0.15, 0.2) is 0 Å². The topological polar surface area (TPSA) is 0 Å². The minimum atomic E-state index is 0.645. The molecule has 0 heteroatoms. The van der Waals surface area contributed by atoms with Gasteiger partial charge >= 0.3 is 0 Å². The van der Waals surface area contributed by atoms with Gasteiger partial charge in [-0.25, -0.2) is 0 Å². The molecule has 2 bridgehead atoms. The van der Waals surface area contributed by atoms with Crippen molar-refractivity contribution in [2.75, 3.05) is 0 Å².